The van der Waals surface area contributed by atoms with E-state index in [0.29, 0.717) is 36.0 Å². The number of aliphatic hydroxyl groups excluding tert-OH is 1. The molecule has 238 valence electrons. The van der Waals surface area contributed by atoms with Crippen LogP contribution in [0.15, 0.2) is 59.7 Å². The van der Waals surface area contributed by atoms with Gasteiger partial charge in [0, 0.05) is 38.2 Å². The van der Waals surface area contributed by atoms with Crippen molar-refractivity contribution in [3.05, 3.63) is 65.3 Å². The first-order chi connectivity index (χ1) is 20.6. The fourth-order valence-electron chi connectivity index (χ4n) is 7.86. The van der Waals surface area contributed by atoms with Gasteiger partial charge in [0.1, 0.15) is 18.3 Å². The highest BCUT2D eigenvalue weighted by atomic mass is 16.6. The summed E-state index contributed by atoms with van der Waals surface area (Å²) in [5.41, 5.74) is 0.955. The topological polar surface area (TPSA) is 125 Å². The summed E-state index contributed by atoms with van der Waals surface area (Å²) in [5.74, 6) is -3.38. The molecule has 1 aromatic rings. The molecule has 44 heavy (non-hydrogen) atoms. The zero-order valence-electron chi connectivity index (χ0n) is 26.6. The number of rotatable bonds is 6. The molecular formula is C35H44O9. The highest BCUT2D eigenvalue weighted by Crippen LogP contribution is 2.60. The maximum Gasteiger partial charge on any atom is 0.331 e. The molecule has 0 radical (unpaired) electrons. The Morgan fingerprint density at radius 1 is 0.909 bits per heavy atom. The van der Waals surface area contributed by atoms with Crippen molar-refractivity contribution in [2.75, 3.05) is 0 Å². The van der Waals surface area contributed by atoms with Crippen molar-refractivity contribution >= 4 is 30.0 Å². The zero-order chi connectivity index (χ0) is 32.6. The lowest BCUT2D eigenvalue weighted by Gasteiger charge is -2.59. The van der Waals surface area contributed by atoms with Gasteiger partial charge in [-0.05, 0) is 65.9 Å². The Kier molecular flexibility index (Phi) is 9.59. The van der Waals surface area contributed by atoms with Crippen LogP contribution >= 0.6 is 0 Å². The number of fused-ring (bicyclic) bond motifs is 3. The summed E-state index contributed by atoms with van der Waals surface area (Å²) in [7, 11) is 0. The number of ether oxygens (including phenoxy) is 4. The Hall–Kier alpha value is -3.72. The maximum atomic E-state index is 12.9. The lowest BCUT2D eigenvalue weighted by molar-refractivity contribution is -0.198. The van der Waals surface area contributed by atoms with Crippen molar-refractivity contribution in [1.82, 2.24) is 0 Å². The van der Waals surface area contributed by atoms with Gasteiger partial charge >= 0.3 is 23.9 Å². The average Bonchev–Trinajstić information content (AvgIpc) is 2.92. The maximum absolute atomic E-state index is 12.9. The van der Waals surface area contributed by atoms with Crippen LogP contribution in [0, 0.1) is 22.7 Å². The standard InChI is InChI=1S/C35H44O9/c1-19-26(44-28(39)15-14-24-12-10-9-11-13-24)16-17-35(8)29(19)31(40)25-18-27(41-21(3)36)20(2)30(34(25,6)7)32(42-22(4)37)33(35)43-23(5)38/h9-15,25-27,29,31-33,40H,1,16-18H2,2-8H3/b15-14+/t25-,26+,27+,29+,31-,32-,33+,35-/m1/s1. The normalized spacial score (nSPS) is 33.0. The summed E-state index contributed by atoms with van der Waals surface area (Å²) in [6.45, 7) is 15.9. The van der Waals surface area contributed by atoms with Gasteiger partial charge in [-0.2, -0.15) is 0 Å². The Balaban J connectivity index is 1.81. The molecule has 3 aliphatic rings. The van der Waals surface area contributed by atoms with E-state index in [1.807, 2.05) is 58.0 Å². The molecule has 0 unspecified atom stereocenters. The Morgan fingerprint density at radius 3 is 2.11 bits per heavy atom. The van der Waals surface area contributed by atoms with Crippen molar-refractivity contribution in [3.8, 4) is 0 Å². The van der Waals surface area contributed by atoms with E-state index in [1.54, 1.807) is 6.08 Å². The van der Waals surface area contributed by atoms with Gasteiger partial charge in [-0.25, -0.2) is 4.79 Å². The van der Waals surface area contributed by atoms with Crippen LogP contribution in [-0.4, -0.2) is 59.5 Å². The molecule has 3 aliphatic carbocycles. The highest BCUT2D eigenvalue weighted by molar-refractivity contribution is 5.87. The van der Waals surface area contributed by atoms with Crippen molar-refractivity contribution in [1.29, 1.82) is 0 Å². The van der Waals surface area contributed by atoms with E-state index >= 15 is 0 Å². The van der Waals surface area contributed by atoms with E-state index in [9.17, 15) is 24.3 Å². The molecule has 2 saturated carbocycles. The van der Waals surface area contributed by atoms with Gasteiger partial charge in [-0.1, -0.05) is 57.7 Å². The first-order valence-electron chi connectivity index (χ1n) is 15.1. The molecular weight excluding hydrogens is 564 g/mol. The third-order valence-corrected chi connectivity index (χ3v) is 9.79. The van der Waals surface area contributed by atoms with E-state index in [0.717, 1.165) is 5.56 Å². The third kappa shape index (κ3) is 6.39. The van der Waals surface area contributed by atoms with Gasteiger partial charge in [0.15, 0.2) is 6.10 Å². The van der Waals surface area contributed by atoms with Gasteiger partial charge in [-0.15, -0.1) is 0 Å². The van der Waals surface area contributed by atoms with Gasteiger partial charge in [0.05, 0.1) is 6.10 Å². The molecule has 0 saturated heterocycles. The fourth-order valence-corrected chi connectivity index (χ4v) is 7.86. The minimum atomic E-state index is -1.05. The average molecular weight is 609 g/mol. The van der Waals surface area contributed by atoms with Gasteiger partial charge in [0.2, 0.25) is 0 Å². The van der Waals surface area contributed by atoms with Crippen LogP contribution in [0.3, 0.4) is 0 Å². The summed E-state index contributed by atoms with van der Waals surface area (Å²) in [6, 6.07) is 9.36. The smallest absolute Gasteiger partial charge is 0.331 e. The number of hydrogen-bond acceptors (Lipinski definition) is 9. The molecule has 9 nitrogen and oxygen atoms in total. The Labute approximate surface area is 259 Å². The Morgan fingerprint density at radius 2 is 1.52 bits per heavy atom. The van der Waals surface area contributed by atoms with E-state index in [-0.39, 0.29) is 0 Å². The van der Waals surface area contributed by atoms with Gasteiger partial charge in [0.25, 0.3) is 0 Å². The molecule has 0 amide bonds. The Bertz CT molecular complexity index is 1370. The van der Waals surface area contributed by atoms with Crippen LogP contribution in [0.1, 0.15) is 73.3 Å². The number of esters is 4. The van der Waals surface area contributed by atoms with Crippen LogP contribution in [0.25, 0.3) is 6.08 Å². The van der Waals surface area contributed by atoms with E-state index < -0.39 is 77.1 Å². The van der Waals surface area contributed by atoms with Crippen molar-refractivity contribution < 1.29 is 43.2 Å². The summed E-state index contributed by atoms with van der Waals surface area (Å²) in [6.07, 6.45) is -0.427. The summed E-state index contributed by atoms with van der Waals surface area (Å²) >= 11 is 0. The second-order valence-corrected chi connectivity index (χ2v) is 13.1. The van der Waals surface area contributed by atoms with Crippen LogP contribution in [0.2, 0.25) is 0 Å². The molecule has 0 heterocycles. The van der Waals surface area contributed by atoms with E-state index in [4.69, 9.17) is 18.9 Å². The van der Waals surface area contributed by atoms with Crippen LogP contribution in [0.4, 0.5) is 0 Å². The second-order valence-electron chi connectivity index (χ2n) is 13.1. The molecule has 1 N–H and O–H groups in total. The molecule has 8 atom stereocenters. The molecule has 4 rings (SSSR count). The molecule has 0 aliphatic heterocycles. The van der Waals surface area contributed by atoms with E-state index in [1.165, 1.54) is 26.8 Å². The lowest BCUT2D eigenvalue weighted by atomic mass is 9.49. The third-order valence-electron chi connectivity index (χ3n) is 9.79. The number of carbonyl (C=O) groups excluding carboxylic acids is 4. The number of aliphatic hydroxyl groups is 1. The first kappa shape index (κ1) is 33.2. The highest BCUT2D eigenvalue weighted by Gasteiger charge is 2.63. The molecule has 0 spiro atoms. The second kappa shape index (κ2) is 12.7. The van der Waals surface area contributed by atoms with Crippen molar-refractivity contribution in [3.63, 3.8) is 0 Å². The first-order valence-corrected chi connectivity index (χ1v) is 15.1. The number of hydrogen-bond donors (Lipinski definition) is 1. The predicted molar refractivity (Wildman–Crippen MR) is 163 cm³/mol. The lowest BCUT2D eigenvalue weighted by Crippen LogP contribution is -2.63. The van der Waals surface area contributed by atoms with E-state index in [2.05, 4.69) is 6.58 Å². The summed E-state index contributed by atoms with van der Waals surface area (Å²) < 4.78 is 23.7. The molecule has 9 heteroatoms. The monoisotopic (exact) mass is 608 g/mol. The predicted octanol–water partition coefficient (Wildman–Crippen LogP) is 5.12. The SMILES string of the molecule is C=C1[C@@H](OC(=O)/C=C/c2ccccc2)CC[C@@]2(C)[C@@H](OC(C)=O)[C@H](OC(C)=O)C3=C(C)[C@@H](OC(C)=O)C[C@H]([C@@H](O)[C@H]12)C3(C)C. The molecule has 2 fully saturated rings. The minimum Gasteiger partial charge on any atom is -0.458 e. The number of benzene rings is 1. The molecule has 2 bridgehead atoms. The summed E-state index contributed by atoms with van der Waals surface area (Å²) in [4.78, 5) is 50.3. The van der Waals surface area contributed by atoms with Crippen molar-refractivity contribution in [2.24, 2.45) is 22.7 Å². The fraction of sp³-hybridized carbons (Fsp3) is 0.543. The van der Waals surface area contributed by atoms with Crippen LogP contribution in [-0.2, 0) is 38.1 Å². The molecule has 1 aromatic carbocycles. The number of carbonyl (C=O) groups is 4. The van der Waals surface area contributed by atoms with Crippen molar-refractivity contribution in [2.45, 2.75) is 98.2 Å². The zero-order valence-corrected chi connectivity index (χ0v) is 26.6. The largest absolute Gasteiger partial charge is 0.458 e. The molecule has 0 aromatic heterocycles. The summed E-state index contributed by atoms with van der Waals surface area (Å²) in [5, 5.41) is 12.3. The van der Waals surface area contributed by atoms with Crippen LogP contribution < -0.4 is 0 Å². The van der Waals surface area contributed by atoms with Crippen LogP contribution in [0.5, 0.6) is 0 Å². The van der Waals surface area contributed by atoms with Gasteiger partial charge in [-0.3, -0.25) is 14.4 Å². The van der Waals surface area contributed by atoms with Gasteiger partial charge < -0.3 is 24.1 Å². The minimum absolute atomic E-state index is 0.318. The quantitative estimate of drug-likeness (QED) is 0.203.